The Kier molecular flexibility index (Phi) is 4.44. The molecule has 0 amide bonds. The van der Waals surface area contributed by atoms with Gasteiger partial charge in [-0.15, -0.1) is 0 Å². The van der Waals surface area contributed by atoms with Gasteiger partial charge in [-0.05, 0) is 24.8 Å². The molecule has 0 bridgehead atoms. The summed E-state index contributed by atoms with van der Waals surface area (Å²) in [5, 5.41) is 8.52. The quantitative estimate of drug-likeness (QED) is 0.797. The molecule has 4 rings (SSSR count). The standard InChI is InChI=1S/C17H23N5O2/c23-17-12-14-2-1-3-16(14)18-22(17)10-9-20-5-7-21(8-6-20)13-15-4-11-24-19-15/h4,11-12H,1-3,5-10,13H2. The molecule has 0 unspecified atom stereocenters. The first kappa shape index (κ1) is 15.5. The van der Waals surface area contributed by atoms with Crippen molar-refractivity contribution in [3.8, 4) is 0 Å². The van der Waals surface area contributed by atoms with E-state index in [2.05, 4.69) is 20.1 Å². The van der Waals surface area contributed by atoms with Crippen LogP contribution >= 0.6 is 0 Å². The number of aromatic nitrogens is 3. The predicted molar refractivity (Wildman–Crippen MR) is 88.7 cm³/mol. The zero-order valence-corrected chi connectivity index (χ0v) is 13.9. The molecular formula is C17H23N5O2. The summed E-state index contributed by atoms with van der Waals surface area (Å²) in [5.41, 5.74) is 3.29. The predicted octanol–water partition coefficient (Wildman–Crippen LogP) is 0.538. The Morgan fingerprint density at radius 1 is 1.08 bits per heavy atom. The molecule has 128 valence electrons. The van der Waals surface area contributed by atoms with Gasteiger partial charge in [0.1, 0.15) is 6.26 Å². The first-order chi connectivity index (χ1) is 11.8. The Bertz CT molecular complexity index is 732. The van der Waals surface area contributed by atoms with Gasteiger partial charge in [0.2, 0.25) is 0 Å². The van der Waals surface area contributed by atoms with Gasteiger partial charge in [0, 0.05) is 51.4 Å². The highest BCUT2D eigenvalue weighted by Crippen LogP contribution is 2.17. The van der Waals surface area contributed by atoms with Crippen LogP contribution in [0.25, 0.3) is 0 Å². The van der Waals surface area contributed by atoms with Gasteiger partial charge in [-0.25, -0.2) is 4.68 Å². The van der Waals surface area contributed by atoms with Gasteiger partial charge < -0.3 is 4.52 Å². The van der Waals surface area contributed by atoms with Crippen molar-refractivity contribution >= 4 is 0 Å². The third-order valence-electron chi connectivity index (χ3n) is 4.99. The monoisotopic (exact) mass is 329 g/mol. The van der Waals surface area contributed by atoms with E-state index in [0.717, 1.165) is 75.5 Å². The molecule has 1 aliphatic heterocycles. The average molecular weight is 329 g/mol. The molecule has 0 N–H and O–H groups in total. The minimum absolute atomic E-state index is 0.0420. The van der Waals surface area contributed by atoms with Crippen molar-refractivity contribution < 1.29 is 4.52 Å². The molecule has 24 heavy (non-hydrogen) atoms. The third-order valence-corrected chi connectivity index (χ3v) is 4.99. The SMILES string of the molecule is O=c1cc2c(nn1CCN1CCN(Cc3ccon3)CC1)CCC2. The molecule has 1 saturated heterocycles. The highest BCUT2D eigenvalue weighted by molar-refractivity contribution is 5.22. The van der Waals surface area contributed by atoms with Gasteiger partial charge in [-0.3, -0.25) is 14.6 Å². The molecular weight excluding hydrogens is 306 g/mol. The Morgan fingerprint density at radius 2 is 1.92 bits per heavy atom. The number of hydrogen-bond acceptors (Lipinski definition) is 6. The van der Waals surface area contributed by atoms with Crippen LogP contribution in [0.15, 0.2) is 27.7 Å². The van der Waals surface area contributed by atoms with Gasteiger partial charge in [0.15, 0.2) is 0 Å². The summed E-state index contributed by atoms with van der Waals surface area (Å²) in [4.78, 5) is 16.9. The second-order valence-electron chi connectivity index (χ2n) is 6.64. The Labute approximate surface area is 140 Å². The number of fused-ring (bicyclic) bond motifs is 1. The van der Waals surface area contributed by atoms with Gasteiger partial charge in [-0.2, -0.15) is 5.10 Å². The van der Waals surface area contributed by atoms with Crippen LogP contribution in [0, 0.1) is 0 Å². The van der Waals surface area contributed by atoms with E-state index in [1.807, 2.05) is 6.07 Å². The van der Waals surface area contributed by atoms with E-state index in [4.69, 9.17) is 4.52 Å². The molecule has 2 aromatic heterocycles. The number of piperazine rings is 1. The van der Waals surface area contributed by atoms with Crippen LogP contribution < -0.4 is 5.56 Å². The van der Waals surface area contributed by atoms with Crippen LogP contribution in [-0.4, -0.2) is 57.5 Å². The van der Waals surface area contributed by atoms with E-state index in [9.17, 15) is 4.79 Å². The first-order valence-electron chi connectivity index (χ1n) is 8.72. The van der Waals surface area contributed by atoms with Gasteiger partial charge in [0.25, 0.3) is 5.56 Å². The van der Waals surface area contributed by atoms with E-state index in [1.165, 1.54) is 0 Å². The fourth-order valence-electron chi connectivity index (χ4n) is 3.55. The highest BCUT2D eigenvalue weighted by atomic mass is 16.5. The number of rotatable bonds is 5. The van der Waals surface area contributed by atoms with Crippen LogP contribution in [0.1, 0.15) is 23.4 Å². The maximum atomic E-state index is 12.1. The maximum absolute atomic E-state index is 12.1. The average Bonchev–Trinajstić information content (AvgIpc) is 3.25. The third kappa shape index (κ3) is 3.42. The summed E-state index contributed by atoms with van der Waals surface area (Å²) in [7, 11) is 0. The van der Waals surface area contributed by atoms with Crippen molar-refractivity contribution in [2.75, 3.05) is 32.7 Å². The fraction of sp³-hybridized carbons (Fsp3) is 0.588. The van der Waals surface area contributed by atoms with E-state index in [0.29, 0.717) is 6.54 Å². The summed E-state index contributed by atoms with van der Waals surface area (Å²) >= 11 is 0. The molecule has 0 radical (unpaired) electrons. The van der Waals surface area contributed by atoms with Gasteiger partial charge in [-0.1, -0.05) is 5.16 Å². The number of nitrogens with zero attached hydrogens (tertiary/aromatic N) is 5. The molecule has 0 spiro atoms. The molecule has 0 atom stereocenters. The van der Waals surface area contributed by atoms with Crippen molar-refractivity contribution in [3.63, 3.8) is 0 Å². The van der Waals surface area contributed by atoms with Crippen molar-refractivity contribution in [2.45, 2.75) is 32.4 Å². The lowest BCUT2D eigenvalue weighted by Crippen LogP contribution is -2.47. The zero-order chi connectivity index (χ0) is 16.4. The second-order valence-corrected chi connectivity index (χ2v) is 6.64. The van der Waals surface area contributed by atoms with Crippen molar-refractivity contribution in [2.24, 2.45) is 0 Å². The molecule has 0 aromatic carbocycles. The van der Waals surface area contributed by atoms with Crippen LogP contribution in [0.3, 0.4) is 0 Å². The van der Waals surface area contributed by atoms with Crippen molar-refractivity contribution in [3.05, 3.63) is 45.7 Å². The maximum Gasteiger partial charge on any atom is 0.267 e. The van der Waals surface area contributed by atoms with Crippen molar-refractivity contribution in [1.29, 1.82) is 0 Å². The Morgan fingerprint density at radius 3 is 2.71 bits per heavy atom. The van der Waals surface area contributed by atoms with Crippen molar-refractivity contribution in [1.82, 2.24) is 24.7 Å². The summed E-state index contributed by atoms with van der Waals surface area (Å²) in [6, 6.07) is 3.70. The molecule has 0 saturated carbocycles. The molecule has 1 fully saturated rings. The summed E-state index contributed by atoms with van der Waals surface area (Å²) in [6.45, 7) is 6.45. The minimum Gasteiger partial charge on any atom is -0.364 e. The molecule has 7 nitrogen and oxygen atoms in total. The first-order valence-corrected chi connectivity index (χ1v) is 8.72. The summed E-state index contributed by atoms with van der Waals surface area (Å²) in [5.74, 6) is 0. The molecule has 3 heterocycles. The Balaban J connectivity index is 1.28. The fourth-order valence-corrected chi connectivity index (χ4v) is 3.55. The van der Waals surface area contributed by atoms with Gasteiger partial charge in [0.05, 0.1) is 17.9 Å². The Hall–Kier alpha value is -1.99. The molecule has 2 aliphatic rings. The topological polar surface area (TPSA) is 67.4 Å². The lowest BCUT2D eigenvalue weighted by Gasteiger charge is -2.34. The molecule has 7 heteroatoms. The smallest absolute Gasteiger partial charge is 0.267 e. The summed E-state index contributed by atoms with van der Waals surface area (Å²) in [6.07, 6.45) is 4.76. The zero-order valence-electron chi connectivity index (χ0n) is 13.9. The van der Waals surface area contributed by atoms with Crippen LogP contribution in [0.4, 0.5) is 0 Å². The van der Waals surface area contributed by atoms with Crippen LogP contribution in [-0.2, 0) is 25.9 Å². The largest absolute Gasteiger partial charge is 0.364 e. The molecule has 1 aliphatic carbocycles. The lowest BCUT2D eigenvalue weighted by molar-refractivity contribution is 0.120. The number of aryl methyl sites for hydroxylation is 2. The van der Waals surface area contributed by atoms with E-state index >= 15 is 0 Å². The summed E-state index contributed by atoms with van der Waals surface area (Å²) < 4.78 is 6.53. The van der Waals surface area contributed by atoms with E-state index in [-0.39, 0.29) is 5.56 Å². The number of hydrogen-bond donors (Lipinski definition) is 0. The minimum atomic E-state index is 0.0420. The highest BCUT2D eigenvalue weighted by Gasteiger charge is 2.19. The lowest BCUT2D eigenvalue weighted by atomic mass is 10.2. The second kappa shape index (κ2) is 6.86. The van der Waals surface area contributed by atoms with Crippen LogP contribution in [0.5, 0.6) is 0 Å². The van der Waals surface area contributed by atoms with E-state index < -0.39 is 0 Å². The molecule has 2 aromatic rings. The van der Waals surface area contributed by atoms with E-state index in [1.54, 1.807) is 17.0 Å². The van der Waals surface area contributed by atoms with Crippen LogP contribution in [0.2, 0.25) is 0 Å². The van der Waals surface area contributed by atoms with Gasteiger partial charge >= 0.3 is 0 Å². The normalized spacial score (nSPS) is 18.8.